The van der Waals surface area contributed by atoms with Crippen LogP contribution in [0.4, 0.5) is 0 Å². The second-order valence-electron chi connectivity index (χ2n) is 7.67. The molecule has 2 fully saturated rings. The van der Waals surface area contributed by atoms with E-state index in [4.69, 9.17) is 4.74 Å². The highest BCUT2D eigenvalue weighted by molar-refractivity contribution is 5.70. The zero-order valence-electron chi connectivity index (χ0n) is 13.8. The molecule has 0 saturated heterocycles. The van der Waals surface area contributed by atoms with Crippen LogP contribution < -0.4 is 4.74 Å². The van der Waals surface area contributed by atoms with Crippen molar-refractivity contribution in [2.75, 3.05) is 0 Å². The number of rotatable bonds is 1. The largest absolute Gasteiger partial charge is 0.427 e. The van der Waals surface area contributed by atoms with E-state index >= 15 is 0 Å². The maximum absolute atomic E-state index is 11.1. The first-order valence-electron chi connectivity index (χ1n) is 8.67. The van der Waals surface area contributed by atoms with Gasteiger partial charge in [-0.25, -0.2) is 0 Å². The van der Waals surface area contributed by atoms with Crippen LogP contribution in [0, 0.1) is 17.3 Å². The molecule has 3 aliphatic carbocycles. The molecular formula is C20H24O3. The lowest BCUT2D eigenvalue weighted by Crippen LogP contribution is -2.42. The van der Waals surface area contributed by atoms with Crippen LogP contribution in [0.1, 0.15) is 56.6 Å². The van der Waals surface area contributed by atoms with Crippen molar-refractivity contribution in [3.8, 4) is 5.75 Å². The fraction of sp³-hybridized carbons (Fsp3) is 0.550. The Bertz CT molecular complexity index is 677. The summed E-state index contributed by atoms with van der Waals surface area (Å²) >= 11 is 0. The summed E-state index contributed by atoms with van der Waals surface area (Å²) in [5.74, 6) is 1.98. The summed E-state index contributed by atoms with van der Waals surface area (Å²) in [4.78, 5) is 11.1. The van der Waals surface area contributed by atoms with E-state index in [1.54, 1.807) is 0 Å². The molecule has 3 aliphatic rings. The molecule has 0 aromatic heterocycles. The van der Waals surface area contributed by atoms with Gasteiger partial charge < -0.3 is 9.84 Å². The number of carbonyl (C=O) groups excluding carboxylic acids is 1. The van der Waals surface area contributed by atoms with Crippen molar-refractivity contribution in [1.82, 2.24) is 0 Å². The highest BCUT2D eigenvalue weighted by Crippen LogP contribution is 2.60. The van der Waals surface area contributed by atoms with Crippen molar-refractivity contribution in [2.45, 2.75) is 51.6 Å². The van der Waals surface area contributed by atoms with Gasteiger partial charge in [-0.3, -0.25) is 4.79 Å². The van der Waals surface area contributed by atoms with Crippen LogP contribution in [0.15, 0.2) is 24.3 Å². The van der Waals surface area contributed by atoms with Crippen LogP contribution in [0.3, 0.4) is 0 Å². The summed E-state index contributed by atoms with van der Waals surface area (Å²) in [5.41, 5.74) is 2.63. The van der Waals surface area contributed by atoms with Gasteiger partial charge in [0.2, 0.25) is 0 Å². The lowest BCUT2D eigenvalue weighted by molar-refractivity contribution is -0.131. The van der Waals surface area contributed by atoms with Gasteiger partial charge in [0.15, 0.2) is 0 Å². The second-order valence-corrected chi connectivity index (χ2v) is 7.67. The Morgan fingerprint density at radius 1 is 1.30 bits per heavy atom. The van der Waals surface area contributed by atoms with E-state index < -0.39 is 0 Å². The lowest BCUT2D eigenvalue weighted by Gasteiger charge is -2.48. The molecule has 5 atom stereocenters. The Hall–Kier alpha value is -1.61. The minimum absolute atomic E-state index is 0.0840. The van der Waals surface area contributed by atoms with Crippen molar-refractivity contribution in [2.24, 2.45) is 17.3 Å². The van der Waals surface area contributed by atoms with Crippen LogP contribution in [0.2, 0.25) is 0 Å². The number of benzene rings is 1. The van der Waals surface area contributed by atoms with E-state index in [1.165, 1.54) is 18.1 Å². The summed E-state index contributed by atoms with van der Waals surface area (Å²) < 4.78 is 5.21. The van der Waals surface area contributed by atoms with Gasteiger partial charge in [0.25, 0.3) is 0 Å². The summed E-state index contributed by atoms with van der Waals surface area (Å²) in [7, 11) is 0. The number of hydrogen-bond donors (Lipinski definition) is 1. The maximum Gasteiger partial charge on any atom is 0.308 e. The Morgan fingerprint density at radius 2 is 2.13 bits per heavy atom. The Balaban J connectivity index is 1.67. The van der Waals surface area contributed by atoms with Gasteiger partial charge in [0.1, 0.15) is 5.75 Å². The van der Waals surface area contributed by atoms with Gasteiger partial charge in [-0.1, -0.05) is 25.1 Å². The molecule has 3 nitrogen and oxygen atoms in total. The van der Waals surface area contributed by atoms with Crippen LogP contribution in [-0.2, 0) is 4.79 Å². The fourth-order valence-corrected chi connectivity index (χ4v) is 5.28. The molecule has 0 unspecified atom stereocenters. The smallest absolute Gasteiger partial charge is 0.308 e. The molecule has 1 aromatic rings. The van der Waals surface area contributed by atoms with Crippen LogP contribution in [-0.4, -0.2) is 17.2 Å². The third-order valence-electron chi connectivity index (χ3n) is 6.50. The van der Waals surface area contributed by atoms with E-state index in [1.807, 2.05) is 12.1 Å². The van der Waals surface area contributed by atoms with Crippen molar-refractivity contribution < 1.29 is 14.6 Å². The molecule has 0 spiro atoms. The first kappa shape index (κ1) is 14.9. The topological polar surface area (TPSA) is 46.5 Å². The number of carbonyl (C=O) groups is 1. The number of esters is 1. The third-order valence-corrected chi connectivity index (χ3v) is 6.50. The summed E-state index contributed by atoms with van der Waals surface area (Å²) in [6, 6.07) is 6.01. The molecule has 1 aromatic carbocycles. The van der Waals surface area contributed by atoms with E-state index in [-0.39, 0.29) is 17.5 Å². The molecular weight excluding hydrogens is 288 g/mol. The summed E-state index contributed by atoms with van der Waals surface area (Å²) in [6.45, 7) is 3.71. The Kier molecular flexibility index (Phi) is 3.38. The van der Waals surface area contributed by atoms with E-state index in [0.29, 0.717) is 23.5 Å². The predicted octanol–water partition coefficient (Wildman–Crippen LogP) is 3.91. The van der Waals surface area contributed by atoms with E-state index in [2.05, 4.69) is 25.1 Å². The van der Waals surface area contributed by atoms with Crippen molar-refractivity contribution in [3.63, 3.8) is 0 Å². The number of allylic oxidation sites excluding steroid dienone is 1. The van der Waals surface area contributed by atoms with Crippen molar-refractivity contribution in [1.29, 1.82) is 0 Å². The van der Waals surface area contributed by atoms with E-state index in [0.717, 1.165) is 25.7 Å². The standard InChI is InChI=1S/C20H24O3/c1-12(21)23-14-4-6-15-13(11-14)3-5-17-16(15)9-10-20(2)18(17)7-8-19(20)22/h3-6,11,16-19,22H,7-10H2,1-2H3/t16-,17-,18+,19+,20+/m1/s1. The first-order chi connectivity index (χ1) is 11.0. The molecule has 0 bridgehead atoms. The number of aliphatic hydroxyl groups is 1. The average molecular weight is 312 g/mol. The van der Waals surface area contributed by atoms with Crippen molar-refractivity contribution in [3.05, 3.63) is 35.4 Å². The van der Waals surface area contributed by atoms with Gasteiger partial charge in [-0.2, -0.15) is 0 Å². The highest BCUT2D eigenvalue weighted by Gasteiger charge is 2.53. The van der Waals surface area contributed by atoms with Crippen LogP contribution in [0.25, 0.3) is 6.08 Å². The van der Waals surface area contributed by atoms with Gasteiger partial charge >= 0.3 is 5.97 Å². The third kappa shape index (κ3) is 2.25. The molecule has 3 heteroatoms. The molecule has 0 radical (unpaired) electrons. The van der Waals surface area contributed by atoms with Gasteiger partial charge in [0.05, 0.1) is 6.10 Å². The van der Waals surface area contributed by atoms with Crippen molar-refractivity contribution >= 4 is 12.0 Å². The molecule has 0 aliphatic heterocycles. The van der Waals surface area contributed by atoms with Gasteiger partial charge in [-0.05, 0) is 72.1 Å². The fourth-order valence-electron chi connectivity index (χ4n) is 5.28. The molecule has 1 N–H and O–H groups in total. The summed E-state index contributed by atoms with van der Waals surface area (Å²) in [5, 5.41) is 10.4. The average Bonchev–Trinajstić information content (AvgIpc) is 2.82. The zero-order valence-corrected chi connectivity index (χ0v) is 13.8. The normalized spacial score (nSPS) is 37.7. The van der Waals surface area contributed by atoms with Crippen LogP contribution >= 0.6 is 0 Å². The number of hydrogen-bond acceptors (Lipinski definition) is 3. The predicted molar refractivity (Wildman–Crippen MR) is 89.1 cm³/mol. The minimum Gasteiger partial charge on any atom is -0.427 e. The minimum atomic E-state index is -0.281. The number of aliphatic hydroxyl groups excluding tert-OH is 1. The molecule has 2 saturated carbocycles. The monoisotopic (exact) mass is 312 g/mol. The van der Waals surface area contributed by atoms with Gasteiger partial charge in [0, 0.05) is 6.92 Å². The zero-order chi connectivity index (χ0) is 16.2. The molecule has 23 heavy (non-hydrogen) atoms. The number of fused-ring (bicyclic) bond motifs is 5. The molecule has 122 valence electrons. The number of ether oxygens (including phenoxy) is 1. The van der Waals surface area contributed by atoms with Crippen LogP contribution in [0.5, 0.6) is 5.75 Å². The van der Waals surface area contributed by atoms with E-state index in [9.17, 15) is 9.90 Å². The summed E-state index contributed by atoms with van der Waals surface area (Å²) in [6.07, 6.45) is 8.66. The SMILES string of the molecule is CC(=O)Oc1ccc2c(c1)C=C[C@@H]1[C@@H]2CC[C@]2(C)[C@@H](O)CC[C@@H]12. The molecule has 4 rings (SSSR count). The molecule has 0 amide bonds. The Morgan fingerprint density at radius 3 is 2.91 bits per heavy atom. The first-order valence-corrected chi connectivity index (χ1v) is 8.67. The second kappa shape index (κ2) is 5.20. The lowest BCUT2D eigenvalue weighted by atomic mass is 9.57. The Labute approximate surface area is 137 Å². The highest BCUT2D eigenvalue weighted by atomic mass is 16.5. The van der Waals surface area contributed by atoms with Gasteiger partial charge in [-0.15, -0.1) is 0 Å². The maximum atomic E-state index is 11.1. The quantitative estimate of drug-likeness (QED) is 0.632. The molecule has 0 heterocycles.